The van der Waals surface area contributed by atoms with E-state index < -0.39 is 15.1 Å². The van der Waals surface area contributed by atoms with Crippen LogP contribution in [0, 0.1) is 0 Å². The Morgan fingerprint density at radius 3 is 2.41 bits per heavy atom. The van der Waals surface area contributed by atoms with Crippen LogP contribution in [0.4, 0.5) is 0 Å². The Morgan fingerprint density at radius 1 is 1.23 bits per heavy atom. The molecule has 4 nitrogen and oxygen atoms in total. The maximum Gasteiger partial charge on any atom is 0.227 e. The SMILES string of the molecule is CN(C(=O)Cc1ccc(Cl)cc1)[C@@H]1CCCC[C@H]1S(C)(=O)=O. The first-order chi connectivity index (χ1) is 10.3. The molecule has 0 saturated heterocycles. The summed E-state index contributed by atoms with van der Waals surface area (Å²) in [4.78, 5) is 14.1. The molecule has 0 bridgehead atoms. The molecule has 2 atom stereocenters. The zero-order chi connectivity index (χ0) is 16.3. The first-order valence-electron chi connectivity index (χ1n) is 7.48. The topological polar surface area (TPSA) is 54.5 Å². The van der Waals surface area contributed by atoms with Crippen LogP contribution in [-0.4, -0.2) is 43.8 Å². The van der Waals surface area contributed by atoms with Crippen LogP contribution < -0.4 is 0 Å². The number of nitrogens with zero attached hydrogens (tertiary/aromatic N) is 1. The monoisotopic (exact) mass is 343 g/mol. The molecule has 122 valence electrons. The highest BCUT2D eigenvalue weighted by atomic mass is 35.5. The third-order valence-electron chi connectivity index (χ3n) is 4.38. The van der Waals surface area contributed by atoms with Gasteiger partial charge in [0.25, 0.3) is 0 Å². The van der Waals surface area contributed by atoms with Crippen LogP contribution >= 0.6 is 11.6 Å². The van der Waals surface area contributed by atoms with Crippen LogP contribution in [0.3, 0.4) is 0 Å². The summed E-state index contributed by atoms with van der Waals surface area (Å²) in [6.45, 7) is 0. The quantitative estimate of drug-likeness (QED) is 0.844. The van der Waals surface area contributed by atoms with Gasteiger partial charge in [0.15, 0.2) is 9.84 Å². The van der Waals surface area contributed by atoms with Gasteiger partial charge in [0.2, 0.25) is 5.91 Å². The van der Waals surface area contributed by atoms with Gasteiger partial charge >= 0.3 is 0 Å². The normalized spacial score (nSPS) is 22.3. The van der Waals surface area contributed by atoms with E-state index in [1.165, 1.54) is 6.26 Å². The lowest BCUT2D eigenvalue weighted by atomic mass is 9.93. The average molecular weight is 344 g/mol. The average Bonchev–Trinajstić information content (AvgIpc) is 2.48. The van der Waals surface area contributed by atoms with Crippen molar-refractivity contribution in [1.82, 2.24) is 4.90 Å². The minimum Gasteiger partial charge on any atom is -0.341 e. The second-order valence-corrected chi connectivity index (χ2v) is 8.73. The second kappa shape index (κ2) is 7.01. The fraction of sp³-hybridized carbons (Fsp3) is 0.562. The lowest BCUT2D eigenvalue weighted by Crippen LogP contribution is -2.49. The van der Waals surface area contributed by atoms with E-state index in [0.717, 1.165) is 24.8 Å². The van der Waals surface area contributed by atoms with Gasteiger partial charge < -0.3 is 4.90 Å². The maximum absolute atomic E-state index is 12.5. The Kier molecular flexibility index (Phi) is 5.50. The van der Waals surface area contributed by atoms with Crippen LogP contribution in [0.5, 0.6) is 0 Å². The van der Waals surface area contributed by atoms with Crippen molar-refractivity contribution in [1.29, 1.82) is 0 Å². The maximum atomic E-state index is 12.5. The number of hydrogen-bond donors (Lipinski definition) is 0. The van der Waals surface area contributed by atoms with Crippen molar-refractivity contribution in [2.45, 2.75) is 43.4 Å². The van der Waals surface area contributed by atoms with Crippen LogP contribution in [0.15, 0.2) is 24.3 Å². The molecule has 2 rings (SSSR count). The minimum absolute atomic E-state index is 0.0529. The van der Waals surface area contributed by atoms with Gasteiger partial charge in [-0.2, -0.15) is 0 Å². The number of rotatable bonds is 4. The lowest BCUT2D eigenvalue weighted by molar-refractivity contribution is -0.131. The number of halogens is 1. The number of carbonyl (C=O) groups excluding carboxylic acids is 1. The van der Waals surface area contributed by atoms with E-state index in [9.17, 15) is 13.2 Å². The number of benzene rings is 1. The third-order valence-corrected chi connectivity index (χ3v) is 6.28. The smallest absolute Gasteiger partial charge is 0.227 e. The van der Waals surface area contributed by atoms with Crippen molar-refractivity contribution in [2.75, 3.05) is 13.3 Å². The third kappa shape index (κ3) is 4.23. The fourth-order valence-corrected chi connectivity index (χ4v) is 4.72. The highest BCUT2D eigenvalue weighted by molar-refractivity contribution is 7.91. The molecule has 0 aliphatic heterocycles. The number of carbonyl (C=O) groups is 1. The van der Waals surface area contributed by atoms with Gasteiger partial charge in [-0.05, 0) is 30.5 Å². The van der Waals surface area contributed by atoms with Crippen molar-refractivity contribution >= 4 is 27.3 Å². The van der Waals surface area contributed by atoms with Crippen molar-refractivity contribution in [2.24, 2.45) is 0 Å². The molecule has 22 heavy (non-hydrogen) atoms. The molecular formula is C16H22ClNO3S. The molecule has 1 amide bonds. The molecule has 0 radical (unpaired) electrons. The molecule has 0 aromatic heterocycles. The van der Waals surface area contributed by atoms with E-state index in [0.29, 0.717) is 11.4 Å². The molecule has 0 N–H and O–H groups in total. The predicted octanol–water partition coefficient (Wildman–Crippen LogP) is 2.70. The predicted molar refractivity (Wildman–Crippen MR) is 88.8 cm³/mol. The highest BCUT2D eigenvalue weighted by Gasteiger charge is 2.36. The summed E-state index contributed by atoms with van der Waals surface area (Å²) in [6.07, 6.45) is 4.81. The van der Waals surface area contributed by atoms with E-state index in [1.54, 1.807) is 24.1 Å². The summed E-state index contributed by atoms with van der Waals surface area (Å²) in [5.41, 5.74) is 0.882. The first kappa shape index (κ1) is 17.3. The number of likely N-dealkylation sites (N-methyl/N-ethyl adjacent to an activating group) is 1. The summed E-state index contributed by atoms with van der Waals surface area (Å²) < 4.78 is 23.9. The Labute approximate surface area is 137 Å². The van der Waals surface area contributed by atoms with Crippen molar-refractivity contribution < 1.29 is 13.2 Å². The Balaban J connectivity index is 2.09. The zero-order valence-corrected chi connectivity index (χ0v) is 14.5. The molecule has 1 saturated carbocycles. The molecule has 1 aromatic carbocycles. The Morgan fingerprint density at radius 2 is 1.82 bits per heavy atom. The van der Waals surface area contributed by atoms with Gasteiger partial charge in [0, 0.05) is 24.4 Å². The summed E-state index contributed by atoms with van der Waals surface area (Å²) in [7, 11) is -1.43. The summed E-state index contributed by atoms with van der Waals surface area (Å²) in [5, 5.41) is 0.189. The van der Waals surface area contributed by atoms with E-state index in [-0.39, 0.29) is 18.4 Å². The van der Waals surface area contributed by atoms with Crippen LogP contribution in [0.1, 0.15) is 31.2 Å². The van der Waals surface area contributed by atoms with Crippen molar-refractivity contribution in [3.63, 3.8) is 0 Å². The molecule has 6 heteroatoms. The molecule has 1 aliphatic carbocycles. The van der Waals surface area contributed by atoms with Crippen LogP contribution in [0.25, 0.3) is 0 Å². The molecule has 0 unspecified atom stereocenters. The van der Waals surface area contributed by atoms with Crippen molar-refractivity contribution in [3.8, 4) is 0 Å². The van der Waals surface area contributed by atoms with Gasteiger partial charge in [-0.25, -0.2) is 8.42 Å². The molecular weight excluding hydrogens is 322 g/mol. The summed E-state index contributed by atoms with van der Waals surface area (Å²) >= 11 is 5.84. The summed E-state index contributed by atoms with van der Waals surface area (Å²) in [6, 6.07) is 6.93. The number of sulfone groups is 1. The van der Waals surface area contributed by atoms with Gasteiger partial charge in [0.1, 0.15) is 0 Å². The van der Waals surface area contributed by atoms with Gasteiger partial charge in [-0.15, -0.1) is 0 Å². The van der Waals surface area contributed by atoms with Gasteiger partial charge in [-0.1, -0.05) is 36.6 Å². The van der Waals surface area contributed by atoms with Crippen LogP contribution in [-0.2, 0) is 21.1 Å². The van der Waals surface area contributed by atoms with Crippen molar-refractivity contribution in [3.05, 3.63) is 34.9 Å². The Bertz CT molecular complexity index is 627. The standard InChI is InChI=1S/C16H22ClNO3S/c1-18(14-5-3-4-6-15(14)22(2,20)21)16(19)11-12-7-9-13(17)10-8-12/h7-10,14-15H,3-6,11H2,1-2H3/t14-,15-/m1/s1. The number of hydrogen-bond acceptors (Lipinski definition) is 3. The molecule has 0 heterocycles. The largest absolute Gasteiger partial charge is 0.341 e. The highest BCUT2D eigenvalue weighted by Crippen LogP contribution is 2.27. The number of amides is 1. The lowest BCUT2D eigenvalue weighted by Gasteiger charge is -2.37. The fourth-order valence-electron chi connectivity index (χ4n) is 3.11. The first-order valence-corrected chi connectivity index (χ1v) is 9.81. The summed E-state index contributed by atoms with van der Waals surface area (Å²) in [5.74, 6) is -0.0529. The molecule has 1 fully saturated rings. The van der Waals surface area contributed by atoms with E-state index in [4.69, 9.17) is 11.6 Å². The molecule has 0 spiro atoms. The van der Waals surface area contributed by atoms with Crippen LogP contribution in [0.2, 0.25) is 5.02 Å². The van der Waals surface area contributed by atoms with E-state index in [2.05, 4.69) is 0 Å². The molecule has 1 aliphatic rings. The van der Waals surface area contributed by atoms with Gasteiger partial charge in [-0.3, -0.25) is 4.79 Å². The zero-order valence-electron chi connectivity index (χ0n) is 13.0. The Hall–Kier alpha value is -1.07. The second-order valence-electron chi connectivity index (χ2n) is 6.03. The minimum atomic E-state index is -3.14. The van der Waals surface area contributed by atoms with Gasteiger partial charge in [0.05, 0.1) is 11.7 Å². The van der Waals surface area contributed by atoms with E-state index >= 15 is 0 Å². The van der Waals surface area contributed by atoms with E-state index in [1.807, 2.05) is 12.1 Å². The molecule has 1 aromatic rings.